The van der Waals surface area contributed by atoms with Gasteiger partial charge < -0.3 is 11.1 Å². The minimum Gasteiger partial charge on any atom is -0.397 e. The van der Waals surface area contributed by atoms with E-state index in [1.54, 1.807) is 19.4 Å². The molecule has 0 radical (unpaired) electrons. The zero-order valence-corrected chi connectivity index (χ0v) is 10.3. The lowest BCUT2D eigenvalue weighted by Crippen LogP contribution is -2.17. The molecule has 0 aliphatic rings. The van der Waals surface area contributed by atoms with Gasteiger partial charge in [-0.1, -0.05) is 0 Å². The van der Waals surface area contributed by atoms with E-state index in [1.165, 1.54) is 11.3 Å². The highest BCUT2D eigenvalue weighted by atomic mass is 79.9. The molecule has 0 aromatic carbocycles. The summed E-state index contributed by atoms with van der Waals surface area (Å²) in [6.07, 6.45) is 3.37. The van der Waals surface area contributed by atoms with Crippen LogP contribution in [0.25, 0.3) is 10.1 Å². The van der Waals surface area contributed by atoms with E-state index in [-0.39, 0.29) is 5.91 Å². The predicted molar refractivity (Wildman–Crippen MR) is 65.1 cm³/mol. The zero-order valence-electron chi connectivity index (χ0n) is 7.87. The molecule has 0 fully saturated rings. The van der Waals surface area contributed by atoms with Crippen LogP contribution in [0.3, 0.4) is 0 Å². The van der Waals surface area contributed by atoms with Gasteiger partial charge in [0, 0.05) is 29.3 Å². The van der Waals surface area contributed by atoms with Crippen LogP contribution in [-0.4, -0.2) is 17.9 Å². The van der Waals surface area contributed by atoms with Gasteiger partial charge >= 0.3 is 0 Å². The second-order valence-corrected chi connectivity index (χ2v) is 4.82. The van der Waals surface area contributed by atoms with Gasteiger partial charge in [0.2, 0.25) is 0 Å². The number of hydrogen-bond donors (Lipinski definition) is 2. The van der Waals surface area contributed by atoms with E-state index in [0.717, 1.165) is 14.6 Å². The number of aromatic nitrogens is 1. The molecule has 0 bridgehead atoms. The number of nitrogens with two attached hydrogens (primary N) is 1. The summed E-state index contributed by atoms with van der Waals surface area (Å²) < 4.78 is 1.71. The van der Waals surface area contributed by atoms with Gasteiger partial charge in [-0.15, -0.1) is 11.3 Å². The number of fused-ring (bicyclic) bond motifs is 1. The van der Waals surface area contributed by atoms with Crippen LogP contribution in [0.2, 0.25) is 0 Å². The van der Waals surface area contributed by atoms with Gasteiger partial charge in [-0.3, -0.25) is 9.78 Å². The maximum atomic E-state index is 11.5. The molecule has 2 aromatic heterocycles. The van der Waals surface area contributed by atoms with Crippen LogP contribution < -0.4 is 11.1 Å². The first-order valence-corrected chi connectivity index (χ1v) is 5.79. The van der Waals surface area contributed by atoms with Crippen molar-refractivity contribution in [2.45, 2.75) is 0 Å². The van der Waals surface area contributed by atoms with Crippen LogP contribution in [0.15, 0.2) is 16.9 Å². The molecule has 15 heavy (non-hydrogen) atoms. The molecule has 2 rings (SSSR count). The van der Waals surface area contributed by atoms with E-state index in [9.17, 15) is 4.79 Å². The third-order valence-corrected chi connectivity index (χ3v) is 3.76. The summed E-state index contributed by atoms with van der Waals surface area (Å²) in [5.74, 6) is -0.166. The first-order chi connectivity index (χ1) is 7.15. The number of carbonyl (C=O) groups excluding carboxylic acids is 1. The summed E-state index contributed by atoms with van der Waals surface area (Å²) in [4.78, 5) is 16.1. The highest BCUT2D eigenvalue weighted by Gasteiger charge is 2.16. The quantitative estimate of drug-likeness (QED) is 0.842. The number of halogens is 1. The van der Waals surface area contributed by atoms with Crippen molar-refractivity contribution in [3.8, 4) is 0 Å². The minimum absolute atomic E-state index is 0.166. The Hall–Kier alpha value is -1.14. The Kier molecular flexibility index (Phi) is 2.62. The van der Waals surface area contributed by atoms with E-state index in [1.807, 2.05) is 0 Å². The van der Waals surface area contributed by atoms with Gasteiger partial charge in [-0.05, 0) is 15.9 Å². The molecule has 0 atom stereocenters. The lowest BCUT2D eigenvalue weighted by atomic mass is 10.2. The minimum atomic E-state index is -0.166. The van der Waals surface area contributed by atoms with Crippen LogP contribution in [-0.2, 0) is 0 Å². The molecule has 78 valence electrons. The van der Waals surface area contributed by atoms with E-state index in [4.69, 9.17) is 5.73 Å². The number of nitrogen functional groups attached to an aromatic ring is 1. The Morgan fingerprint density at radius 2 is 2.33 bits per heavy atom. The first kappa shape index (κ1) is 10.4. The van der Waals surface area contributed by atoms with Crippen molar-refractivity contribution >= 4 is 48.9 Å². The molecule has 2 aromatic rings. The molecule has 0 saturated carbocycles. The average Bonchev–Trinajstić information content (AvgIpc) is 2.56. The Morgan fingerprint density at radius 1 is 1.60 bits per heavy atom. The molecule has 6 heteroatoms. The van der Waals surface area contributed by atoms with Crippen molar-refractivity contribution in [1.29, 1.82) is 0 Å². The smallest absolute Gasteiger partial charge is 0.263 e. The standard InChI is InChI=1S/C9H8BrN3OS/c1-12-9(14)8-7(11)6-4(10)2-13-3-5(6)15-8/h2-3H,11H2,1H3,(H,12,14). The molecular weight excluding hydrogens is 278 g/mol. The summed E-state index contributed by atoms with van der Waals surface area (Å²) in [7, 11) is 1.58. The second kappa shape index (κ2) is 3.79. The molecule has 1 amide bonds. The van der Waals surface area contributed by atoms with Gasteiger partial charge in [0.15, 0.2) is 0 Å². The lowest BCUT2D eigenvalue weighted by molar-refractivity contribution is 0.0968. The number of nitrogens with one attached hydrogen (secondary N) is 1. The lowest BCUT2D eigenvalue weighted by Gasteiger charge is -1.97. The van der Waals surface area contributed by atoms with Gasteiger partial charge in [0.25, 0.3) is 5.91 Å². The van der Waals surface area contributed by atoms with Gasteiger partial charge in [-0.2, -0.15) is 0 Å². The van der Waals surface area contributed by atoms with Crippen molar-refractivity contribution in [3.63, 3.8) is 0 Å². The van der Waals surface area contributed by atoms with Gasteiger partial charge in [0.1, 0.15) is 4.88 Å². The van der Waals surface area contributed by atoms with E-state index >= 15 is 0 Å². The molecule has 3 N–H and O–H groups in total. The van der Waals surface area contributed by atoms with E-state index < -0.39 is 0 Å². The van der Waals surface area contributed by atoms with E-state index in [2.05, 4.69) is 26.2 Å². The van der Waals surface area contributed by atoms with Crippen LogP contribution >= 0.6 is 27.3 Å². The summed E-state index contributed by atoms with van der Waals surface area (Å²) in [5.41, 5.74) is 6.41. The number of amides is 1. The number of rotatable bonds is 1. The Labute approximate surface area is 98.6 Å². The highest BCUT2D eigenvalue weighted by molar-refractivity contribution is 9.10. The summed E-state index contributed by atoms with van der Waals surface area (Å²) in [6.45, 7) is 0. The van der Waals surface area contributed by atoms with Crippen molar-refractivity contribution < 1.29 is 4.79 Å². The largest absolute Gasteiger partial charge is 0.397 e. The van der Waals surface area contributed by atoms with Crippen molar-refractivity contribution in [1.82, 2.24) is 10.3 Å². The molecule has 0 aliphatic carbocycles. The third-order valence-electron chi connectivity index (χ3n) is 2.02. The number of anilines is 1. The molecule has 4 nitrogen and oxygen atoms in total. The fraction of sp³-hybridized carbons (Fsp3) is 0.111. The summed E-state index contributed by atoms with van der Waals surface area (Å²) >= 11 is 4.71. The van der Waals surface area contributed by atoms with Crippen LogP contribution in [0.5, 0.6) is 0 Å². The number of carbonyl (C=O) groups is 1. The highest BCUT2D eigenvalue weighted by Crippen LogP contribution is 2.37. The zero-order chi connectivity index (χ0) is 11.0. The van der Waals surface area contributed by atoms with Crippen LogP contribution in [0.4, 0.5) is 5.69 Å². The topological polar surface area (TPSA) is 68.0 Å². The number of thiophene rings is 1. The molecule has 2 heterocycles. The molecule has 0 aliphatic heterocycles. The summed E-state index contributed by atoms with van der Waals surface area (Å²) in [6, 6.07) is 0. The Morgan fingerprint density at radius 3 is 2.93 bits per heavy atom. The summed E-state index contributed by atoms with van der Waals surface area (Å²) in [5, 5.41) is 3.41. The van der Waals surface area contributed by atoms with E-state index in [0.29, 0.717) is 10.6 Å². The van der Waals surface area contributed by atoms with Crippen LogP contribution in [0, 0.1) is 0 Å². The maximum Gasteiger partial charge on any atom is 0.263 e. The van der Waals surface area contributed by atoms with Gasteiger partial charge in [0.05, 0.1) is 10.4 Å². The monoisotopic (exact) mass is 285 g/mol. The third kappa shape index (κ3) is 1.59. The molecule has 0 unspecified atom stereocenters. The first-order valence-electron chi connectivity index (χ1n) is 4.18. The number of nitrogens with zero attached hydrogens (tertiary/aromatic N) is 1. The second-order valence-electron chi connectivity index (χ2n) is 2.92. The fourth-order valence-electron chi connectivity index (χ4n) is 1.32. The Balaban J connectivity index is 2.75. The SMILES string of the molecule is CNC(=O)c1sc2cncc(Br)c2c1N. The number of hydrogen-bond acceptors (Lipinski definition) is 4. The predicted octanol–water partition coefficient (Wildman–Crippen LogP) is 2.00. The Bertz CT molecular complexity index is 537. The molecule has 0 spiro atoms. The molecule has 0 saturated heterocycles. The van der Waals surface area contributed by atoms with Crippen molar-refractivity contribution in [3.05, 3.63) is 21.7 Å². The molecular formula is C9H8BrN3OS. The van der Waals surface area contributed by atoms with Crippen molar-refractivity contribution in [2.24, 2.45) is 0 Å². The maximum absolute atomic E-state index is 11.5. The number of pyridine rings is 1. The van der Waals surface area contributed by atoms with Gasteiger partial charge in [-0.25, -0.2) is 0 Å². The normalized spacial score (nSPS) is 10.5. The van der Waals surface area contributed by atoms with Crippen molar-refractivity contribution in [2.75, 3.05) is 12.8 Å². The van der Waals surface area contributed by atoms with Crippen LogP contribution in [0.1, 0.15) is 9.67 Å². The fourth-order valence-corrected chi connectivity index (χ4v) is 3.06. The average molecular weight is 286 g/mol.